The predicted molar refractivity (Wildman–Crippen MR) is 79.6 cm³/mol. The first kappa shape index (κ1) is 16.7. The Morgan fingerprint density at radius 3 is 2.58 bits per heavy atom. The van der Waals surface area contributed by atoms with E-state index in [4.69, 9.17) is 28.9 Å². The van der Waals surface area contributed by atoms with Crippen LogP contribution in [0.2, 0.25) is 10.0 Å². The Morgan fingerprint density at radius 2 is 2.00 bits per heavy atom. The van der Waals surface area contributed by atoms with Crippen molar-refractivity contribution >= 4 is 49.7 Å². The summed E-state index contributed by atoms with van der Waals surface area (Å²) in [5.41, 5.74) is 5.61. The molecule has 0 aliphatic rings. The summed E-state index contributed by atoms with van der Waals surface area (Å²) in [6.07, 6.45) is 2.04. The average molecular weight is 345 g/mol. The van der Waals surface area contributed by atoms with Gasteiger partial charge in [0.2, 0.25) is 10.0 Å². The molecule has 0 radical (unpaired) electrons. The first-order chi connectivity index (χ1) is 8.75. The van der Waals surface area contributed by atoms with Gasteiger partial charge in [-0.3, -0.25) is 4.21 Å². The zero-order valence-electron chi connectivity index (χ0n) is 10.2. The minimum atomic E-state index is -3.75. The van der Waals surface area contributed by atoms with E-state index in [1.54, 1.807) is 6.26 Å². The van der Waals surface area contributed by atoms with E-state index in [-0.39, 0.29) is 27.2 Å². The number of rotatable bonds is 6. The second kappa shape index (κ2) is 6.90. The molecular weight excluding hydrogens is 331 g/mol. The number of hydrogen-bond donors (Lipinski definition) is 2. The van der Waals surface area contributed by atoms with E-state index < -0.39 is 20.8 Å². The smallest absolute Gasteiger partial charge is 0.242 e. The van der Waals surface area contributed by atoms with E-state index in [1.807, 2.05) is 0 Å². The fourth-order valence-corrected chi connectivity index (χ4v) is 3.70. The van der Waals surface area contributed by atoms with Gasteiger partial charge in [-0.05, 0) is 18.6 Å². The molecule has 0 aliphatic carbocycles. The molecule has 1 atom stereocenters. The quantitative estimate of drug-likeness (QED) is 0.606. The van der Waals surface area contributed by atoms with E-state index in [0.29, 0.717) is 12.2 Å². The number of nitrogen functional groups attached to an aromatic ring is 1. The molecule has 108 valence electrons. The van der Waals surface area contributed by atoms with Gasteiger partial charge in [-0.15, -0.1) is 0 Å². The third-order valence-corrected chi connectivity index (χ3v) is 5.50. The number of halogens is 2. The van der Waals surface area contributed by atoms with Gasteiger partial charge >= 0.3 is 0 Å². The van der Waals surface area contributed by atoms with Crippen LogP contribution in [0.3, 0.4) is 0 Å². The maximum absolute atomic E-state index is 12.0. The lowest BCUT2D eigenvalue weighted by molar-refractivity contribution is 0.581. The molecule has 1 aromatic rings. The summed E-state index contributed by atoms with van der Waals surface area (Å²) >= 11 is 11.6. The van der Waals surface area contributed by atoms with E-state index in [0.717, 1.165) is 0 Å². The molecule has 0 spiro atoms. The Labute approximate surface area is 125 Å². The maximum Gasteiger partial charge on any atom is 0.242 e. The van der Waals surface area contributed by atoms with Crippen LogP contribution in [0.25, 0.3) is 0 Å². The van der Waals surface area contributed by atoms with Crippen LogP contribution in [0.15, 0.2) is 17.0 Å². The minimum Gasteiger partial charge on any atom is -0.396 e. The van der Waals surface area contributed by atoms with Crippen LogP contribution in [-0.2, 0) is 20.8 Å². The summed E-state index contributed by atoms with van der Waals surface area (Å²) in [6.45, 7) is 0.181. The van der Waals surface area contributed by atoms with Crippen molar-refractivity contribution < 1.29 is 12.6 Å². The molecule has 0 saturated carbocycles. The second-order valence-corrected chi connectivity index (χ2v) is 7.88. The summed E-state index contributed by atoms with van der Waals surface area (Å²) in [7, 11) is -4.70. The van der Waals surface area contributed by atoms with Crippen molar-refractivity contribution in [3.05, 3.63) is 22.2 Å². The van der Waals surface area contributed by atoms with Gasteiger partial charge in [-0.25, -0.2) is 13.1 Å². The van der Waals surface area contributed by atoms with Crippen LogP contribution in [-0.4, -0.2) is 31.2 Å². The van der Waals surface area contributed by atoms with Crippen molar-refractivity contribution in [2.24, 2.45) is 0 Å². The van der Waals surface area contributed by atoms with E-state index >= 15 is 0 Å². The van der Waals surface area contributed by atoms with Gasteiger partial charge in [0.05, 0.1) is 15.7 Å². The molecule has 1 unspecified atom stereocenters. The molecule has 0 aliphatic heterocycles. The molecular formula is C10H14Cl2N2O3S2. The van der Waals surface area contributed by atoms with Crippen LogP contribution >= 0.6 is 23.2 Å². The second-order valence-electron chi connectivity index (χ2n) is 3.80. The molecule has 0 aromatic heterocycles. The van der Waals surface area contributed by atoms with Gasteiger partial charge in [0.25, 0.3) is 0 Å². The first-order valence-electron chi connectivity index (χ1n) is 5.29. The number of hydrogen-bond acceptors (Lipinski definition) is 4. The van der Waals surface area contributed by atoms with Crippen LogP contribution in [0.1, 0.15) is 6.42 Å². The molecule has 0 heterocycles. The summed E-state index contributed by atoms with van der Waals surface area (Å²) < 4.78 is 37.2. The number of nitrogens with one attached hydrogen (secondary N) is 1. The predicted octanol–water partition coefficient (Wildman–Crippen LogP) is 1.62. The monoisotopic (exact) mass is 344 g/mol. The Hall–Kier alpha value is -0.340. The largest absolute Gasteiger partial charge is 0.396 e. The Morgan fingerprint density at radius 1 is 1.37 bits per heavy atom. The zero-order chi connectivity index (χ0) is 14.6. The molecule has 1 rings (SSSR count). The van der Waals surface area contributed by atoms with Crippen molar-refractivity contribution in [2.45, 2.75) is 11.3 Å². The Bertz CT molecular complexity index is 591. The van der Waals surface area contributed by atoms with Crippen molar-refractivity contribution in [2.75, 3.05) is 24.3 Å². The summed E-state index contributed by atoms with van der Waals surface area (Å²) in [6, 6.07) is 2.67. The molecule has 1 aromatic carbocycles. The molecule has 19 heavy (non-hydrogen) atoms. The van der Waals surface area contributed by atoms with Crippen molar-refractivity contribution in [1.29, 1.82) is 0 Å². The third kappa shape index (κ3) is 4.61. The van der Waals surface area contributed by atoms with E-state index in [9.17, 15) is 12.6 Å². The third-order valence-electron chi connectivity index (χ3n) is 2.28. The van der Waals surface area contributed by atoms with E-state index in [1.165, 1.54) is 12.1 Å². The summed E-state index contributed by atoms with van der Waals surface area (Å²) in [4.78, 5) is -0.117. The van der Waals surface area contributed by atoms with Crippen LogP contribution in [0.5, 0.6) is 0 Å². The standard InChI is InChI=1S/C10H14Cl2N2O3S2/c1-18(15)6-2-5-14-19(16,17)8-4-3-7(11)10(13)9(8)12/h3-4,14H,2,5-6,13H2,1H3. The number of nitrogens with two attached hydrogens (primary N) is 1. The Balaban J connectivity index is 2.84. The number of sulfonamides is 1. The highest BCUT2D eigenvalue weighted by atomic mass is 35.5. The Kier molecular flexibility index (Phi) is 6.07. The summed E-state index contributed by atoms with van der Waals surface area (Å²) in [5, 5.41) is 0.101. The fraction of sp³-hybridized carbons (Fsp3) is 0.400. The molecule has 0 amide bonds. The van der Waals surface area contributed by atoms with E-state index in [2.05, 4.69) is 4.72 Å². The highest BCUT2D eigenvalue weighted by Gasteiger charge is 2.20. The molecule has 5 nitrogen and oxygen atoms in total. The number of benzene rings is 1. The SMILES string of the molecule is CS(=O)CCCNS(=O)(=O)c1ccc(Cl)c(N)c1Cl. The molecule has 0 bridgehead atoms. The van der Waals surface area contributed by atoms with Gasteiger partial charge < -0.3 is 5.73 Å². The molecule has 3 N–H and O–H groups in total. The van der Waals surface area contributed by atoms with Crippen LogP contribution in [0.4, 0.5) is 5.69 Å². The lowest BCUT2D eigenvalue weighted by Crippen LogP contribution is -2.26. The fourth-order valence-electron chi connectivity index (χ4n) is 1.32. The highest BCUT2D eigenvalue weighted by molar-refractivity contribution is 7.89. The molecule has 0 fully saturated rings. The van der Waals surface area contributed by atoms with Gasteiger partial charge in [-0.1, -0.05) is 23.2 Å². The normalized spacial score (nSPS) is 13.4. The van der Waals surface area contributed by atoms with Crippen molar-refractivity contribution in [3.63, 3.8) is 0 Å². The van der Waals surface area contributed by atoms with Gasteiger partial charge in [0, 0.05) is 29.4 Å². The lowest BCUT2D eigenvalue weighted by Gasteiger charge is -2.10. The van der Waals surface area contributed by atoms with Crippen LogP contribution < -0.4 is 10.5 Å². The van der Waals surface area contributed by atoms with Gasteiger partial charge in [-0.2, -0.15) is 0 Å². The summed E-state index contributed by atoms with van der Waals surface area (Å²) in [5.74, 6) is 0.430. The first-order valence-corrected chi connectivity index (χ1v) is 9.25. The van der Waals surface area contributed by atoms with Crippen molar-refractivity contribution in [3.8, 4) is 0 Å². The number of anilines is 1. The lowest BCUT2D eigenvalue weighted by atomic mass is 10.3. The molecule has 0 saturated heterocycles. The molecule has 9 heteroatoms. The van der Waals surface area contributed by atoms with Crippen LogP contribution in [0, 0.1) is 0 Å². The highest BCUT2D eigenvalue weighted by Crippen LogP contribution is 2.32. The average Bonchev–Trinajstić information content (AvgIpc) is 2.31. The van der Waals surface area contributed by atoms with Gasteiger partial charge in [0.15, 0.2) is 0 Å². The topological polar surface area (TPSA) is 89.3 Å². The zero-order valence-corrected chi connectivity index (χ0v) is 13.3. The van der Waals surface area contributed by atoms with Gasteiger partial charge in [0.1, 0.15) is 4.90 Å². The minimum absolute atomic E-state index is 0.0286. The van der Waals surface area contributed by atoms with Crippen molar-refractivity contribution in [1.82, 2.24) is 4.72 Å². The maximum atomic E-state index is 12.0.